The van der Waals surface area contributed by atoms with Crippen LogP contribution in [0.2, 0.25) is 5.02 Å². The molecular formula is C39H48ClN4O11+. The Balaban J connectivity index is 1.89. The molecule has 0 spiro atoms. The summed E-state index contributed by atoms with van der Waals surface area (Å²) in [6, 6.07) is 10.4. The minimum atomic E-state index is -1.06. The Morgan fingerprint density at radius 2 is 1.64 bits per heavy atom. The van der Waals surface area contributed by atoms with Gasteiger partial charge in [-0.1, -0.05) is 31.0 Å². The van der Waals surface area contributed by atoms with Crippen LogP contribution in [0.1, 0.15) is 73.6 Å². The molecule has 1 unspecified atom stereocenters. The third-order valence-corrected chi connectivity index (χ3v) is 9.42. The predicted octanol–water partition coefficient (Wildman–Crippen LogP) is 6.32. The van der Waals surface area contributed by atoms with Crippen LogP contribution in [0, 0.1) is 16.0 Å². The Bertz CT molecular complexity index is 1920. The van der Waals surface area contributed by atoms with Gasteiger partial charge in [0.2, 0.25) is 0 Å². The summed E-state index contributed by atoms with van der Waals surface area (Å²) in [5, 5.41) is 18.4. The van der Waals surface area contributed by atoms with Gasteiger partial charge in [0.1, 0.15) is 40.7 Å². The van der Waals surface area contributed by atoms with Gasteiger partial charge in [-0.2, -0.15) is 4.48 Å². The number of hydrogen-bond donors (Lipinski definition) is 2. The molecule has 3 atom stereocenters. The van der Waals surface area contributed by atoms with E-state index in [4.69, 9.17) is 35.3 Å². The number of nitrogens with one attached hydrogen (secondary N) is 2. The maximum atomic E-state index is 15.1. The van der Waals surface area contributed by atoms with E-state index in [0.717, 1.165) is 0 Å². The summed E-state index contributed by atoms with van der Waals surface area (Å²) < 4.78 is 26.7. The number of imide groups is 1. The van der Waals surface area contributed by atoms with E-state index in [1.807, 2.05) is 6.92 Å². The highest BCUT2D eigenvalue weighted by Crippen LogP contribution is 2.39. The lowest BCUT2D eigenvalue weighted by Crippen LogP contribution is -2.63. The molecule has 4 rings (SSSR count). The first kappa shape index (κ1) is 42.3. The van der Waals surface area contributed by atoms with Gasteiger partial charge in [0.05, 0.1) is 50.9 Å². The Morgan fingerprint density at radius 1 is 0.982 bits per heavy atom. The van der Waals surface area contributed by atoms with Gasteiger partial charge in [0.25, 0.3) is 11.6 Å². The Kier molecular flexibility index (Phi) is 13.7. The van der Waals surface area contributed by atoms with Crippen molar-refractivity contribution in [3.8, 4) is 23.0 Å². The van der Waals surface area contributed by atoms with Gasteiger partial charge >= 0.3 is 17.9 Å². The van der Waals surface area contributed by atoms with Crippen molar-refractivity contribution in [2.24, 2.45) is 5.92 Å². The third kappa shape index (κ3) is 9.83. The molecule has 1 fully saturated rings. The Hall–Kier alpha value is -5.41. The van der Waals surface area contributed by atoms with Crippen molar-refractivity contribution in [3.63, 3.8) is 0 Å². The number of ether oxygens (including phenoxy) is 5. The number of benzene rings is 3. The smallest absolute Gasteiger partial charge is 0.425 e. The van der Waals surface area contributed by atoms with Crippen molar-refractivity contribution in [2.45, 2.75) is 65.1 Å². The largest absolute Gasteiger partial charge is 0.496 e. The number of halogens is 1. The first-order valence-electron chi connectivity index (χ1n) is 17.6. The normalized spacial score (nSPS) is 17.7. The lowest BCUT2D eigenvalue weighted by Gasteiger charge is -2.35. The fourth-order valence-corrected chi connectivity index (χ4v) is 6.77. The van der Waals surface area contributed by atoms with Gasteiger partial charge in [0.15, 0.2) is 6.54 Å². The van der Waals surface area contributed by atoms with E-state index in [9.17, 15) is 19.7 Å². The highest BCUT2D eigenvalue weighted by Gasteiger charge is 2.53. The van der Waals surface area contributed by atoms with Crippen LogP contribution in [-0.2, 0) is 27.3 Å². The van der Waals surface area contributed by atoms with Gasteiger partial charge in [0, 0.05) is 29.8 Å². The molecule has 4 amide bonds. The molecule has 1 aliphatic rings. The van der Waals surface area contributed by atoms with Crippen LogP contribution in [0.4, 0.5) is 10.5 Å². The quantitative estimate of drug-likeness (QED) is 0.0808. The van der Waals surface area contributed by atoms with E-state index in [0.29, 0.717) is 39.6 Å². The second-order valence-electron chi connectivity index (χ2n) is 14.1. The number of carbonyl (C=O) groups is 4. The fraction of sp³-hybridized carbons (Fsp3) is 0.436. The first-order valence-corrected chi connectivity index (χ1v) is 18.0. The molecule has 2 N–H and O–H groups in total. The SMILES string of the molecule is CCC[C@@H](NC(=O)[N+]1(Cc2c(OC)cc(OC)cc2OC)CC(=O)NC[C@H](Cc2cc(Cl)ccc2OC)C1=O)c1ccc(C(=O)OC(C)(C)C)c([N+](=O)[O-])c1. The lowest BCUT2D eigenvalue weighted by atomic mass is 9.95. The molecule has 1 saturated heterocycles. The molecule has 0 radical (unpaired) electrons. The fourth-order valence-electron chi connectivity index (χ4n) is 6.57. The molecule has 3 aromatic carbocycles. The van der Waals surface area contributed by atoms with Gasteiger partial charge in [-0.15, -0.1) is 0 Å². The third-order valence-electron chi connectivity index (χ3n) is 9.19. The number of nitro benzene ring substituents is 1. The molecule has 0 bridgehead atoms. The zero-order chi connectivity index (χ0) is 40.7. The number of quaternary nitrogens is 1. The molecular weight excluding hydrogens is 736 g/mol. The highest BCUT2D eigenvalue weighted by molar-refractivity contribution is 6.30. The molecule has 55 heavy (non-hydrogen) atoms. The molecule has 15 nitrogen and oxygen atoms in total. The minimum Gasteiger partial charge on any atom is -0.496 e. The van der Waals surface area contributed by atoms with E-state index in [1.165, 1.54) is 46.6 Å². The van der Waals surface area contributed by atoms with Crippen molar-refractivity contribution < 1.29 is 52.3 Å². The van der Waals surface area contributed by atoms with E-state index in [1.54, 1.807) is 51.1 Å². The average Bonchev–Trinajstić information content (AvgIpc) is 3.25. The van der Waals surface area contributed by atoms with Gasteiger partial charge in [-0.05, 0) is 69.0 Å². The van der Waals surface area contributed by atoms with Crippen LogP contribution in [0.3, 0.4) is 0 Å². The maximum Gasteiger partial charge on any atom is 0.425 e. The van der Waals surface area contributed by atoms with Crippen molar-refractivity contribution in [1.82, 2.24) is 10.6 Å². The van der Waals surface area contributed by atoms with Crippen molar-refractivity contribution in [2.75, 3.05) is 41.5 Å². The highest BCUT2D eigenvalue weighted by atomic mass is 35.5. The van der Waals surface area contributed by atoms with Crippen molar-refractivity contribution in [1.29, 1.82) is 0 Å². The van der Waals surface area contributed by atoms with E-state index in [-0.39, 0.29) is 43.0 Å². The summed E-state index contributed by atoms with van der Waals surface area (Å²) in [6.45, 7) is 5.74. The zero-order valence-electron chi connectivity index (χ0n) is 32.3. The summed E-state index contributed by atoms with van der Waals surface area (Å²) in [5.41, 5.74) is -0.474. The number of rotatable bonds is 14. The molecule has 0 aromatic heterocycles. The Morgan fingerprint density at radius 3 is 2.20 bits per heavy atom. The maximum absolute atomic E-state index is 15.1. The van der Waals surface area contributed by atoms with Crippen LogP contribution < -0.4 is 29.6 Å². The Labute approximate surface area is 324 Å². The van der Waals surface area contributed by atoms with Gasteiger partial charge in [-0.25, -0.2) is 14.4 Å². The van der Waals surface area contributed by atoms with E-state index >= 15 is 9.59 Å². The first-order chi connectivity index (χ1) is 26.0. The predicted molar refractivity (Wildman–Crippen MR) is 203 cm³/mol. The van der Waals surface area contributed by atoms with Crippen LogP contribution in [0.15, 0.2) is 48.5 Å². The number of nitro groups is 1. The summed E-state index contributed by atoms with van der Waals surface area (Å²) in [6.07, 6.45) is 0.857. The number of urea groups is 1. The minimum absolute atomic E-state index is 0.0592. The number of esters is 1. The molecule has 296 valence electrons. The summed E-state index contributed by atoms with van der Waals surface area (Å²) in [7, 11) is 5.78. The molecule has 3 aromatic rings. The van der Waals surface area contributed by atoms with Gasteiger partial charge in [-0.3, -0.25) is 20.2 Å². The average molecular weight is 784 g/mol. The summed E-state index contributed by atoms with van der Waals surface area (Å²) in [4.78, 5) is 68.3. The number of hydrogen-bond acceptors (Lipinski definition) is 11. The number of amides is 4. The van der Waals surface area contributed by atoms with Crippen LogP contribution in [0.5, 0.6) is 23.0 Å². The summed E-state index contributed by atoms with van der Waals surface area (Å²) >= 11 is 6.34. The monoisotopic (exact) mass is 783 g/mol. The van der Waals surface area contributed by atoms with Crippen molar-refractivity contribution >= 4 is 41.1 Å². The zero-order valence-corrected chi connectivity index (χ0v) is 33.0. The second kappa shape index (κ2) is 17.8. The number of methoxy groups -OCH3 is 4. The van der Waals surface area contributed by atoms with Gasteiger partial charge < -0.3 is 29.0 Å². The summed E-state index contributed by atoms with van der Waals surface area (Å²) in [5.74, 6) is -1.65. The second-order valence-corrected chi connectivity index (χ2v) is 14.6. The van der Waals surface area contributed by atoms with E-state index < -0.39 is 63.0 Å². The van der Waals surface area contributed by atoms with Crippen LogP contribution in [0.25, 0.3) is 0 Å². The molecule has 1 aliphatic heterocycles. The molecule has 0 saturated carbocycles. The standard InChI is InChI=1S/C39H47ClN4O11/c1-9-10-30(23-11-13-28(31(17-23)43(49)50)37(47)55-39(2,3)4)42-38(48)44(21-29-33(53-7)18-27(51-5)19-34(29)54-8)22-35(45)41-20-25(36(44)46)15-24-16-26(40)12-14-32(24)52-6/h11-14,16-19,25,30H,9-10,15,20-22H2,1-8H3,(H-,41,42,45,48)/p+1/t25-,30+,44?/m0/s1. The molecule has 16 heteroatoms. The van der Waals surface area contributed by atoms with Crippen LogP contribution in [-0.4, -0.2) is 80.4 Å². The van der Waals surface area contributed by atoms with Crippen molar-refractivity contribution in [3.05, 3.63) is 85.9 Å². The van der Waals surface area contributed by atoms with E-state index in [2.05, 4.69) is 10.6 Å². The molecule has 1 heterocycles. The number of carbonyl (C=O) groups excluding carboxylic acids is 4. The number of nitrogens with zero attached hydrogens (tertiary/aromatic N) is 2. The topological polar surface area (TPSA) is 182 Å². The molecule has 0 aliphatic carbocycles. The van der Waals surface area contributed by atoms with Crippen LogP contribution >= 0.6 is 11.6 Å². The lowest BCUT2D eigenvalue weighted by molar-refractivity contribution is -0.781.